The second kappa shape index (κ2) is 5.11. The summed E-state index contributed by atoms with van der Waals surface area (Å²) >= 11 is 11.9. The van der Waals surface area contributed by atoms with Gasteiger partial charge in [0.15, 0.2) is 0 Å². The first-order valence-corrected chi connectivity index (χ1v) is 6.34. The highest BCUT2D eigenvalue weighted by Crippen LogP contribution is 2.37. The lowest BCUT2D eigenvalue weighted by Crippen LogP contribution is -2.21. The Bertz CT molecular complexity index is 452. The van der Waals surface area contributed by atoms with Crippen molar-refractivity contribution in [1.29, 1.82) is 0 Å². The van der Waals surface area contributed by atoms with Crippen LogP contribution in [0.2, 0.25) is 0 Å². The fraction of sp³-hybridized carbons (Fsp3) is 0.308. The van der Waals surface area contributed by atoms with Crippen LogP contribution < -0.4 is 5.32 Å². The molecule has 90 valence electrons. The number of rotatable bonds is 2. The molecule has 2 atom stereocenters. The molecule has 0 radical (unpaired) electrons. The molecule has 0 spiro atoms. The van der Waals surface area contributed by atoms with Gasteiger partial charge in [0.05, 0.1) is 6.04 Å². The zero-order valence-electron chi connectivity index (χ0n) is 9.41. The van der Waals surface area contributed by atoms with E-state index in [1.807, 2.05) is 30.3 Å². The van der Waals surface area contributed by atoms with Crippen molar-refractivity contribution in [1.82, 2.24) is 5.32 Å². The molecule has 0 bridgehead atoms. The normalized spacial score (nSPS) is 26.9. The van der Waals surface area contributed by atoms with Crippen LogP contribution >= 0.6 is 23.2 Å². The molecule has 1 N–H and O–H groups in total. The van der Waals surface area contributed by atoms with Crippen LogP contribution in [0.1, 0.15) is 18.5 Å². The smallest absolute Gasteiger partial charge is 0.249 e. The molecular formula is C13H13Cl2NO. The Hall–Kier alpha value is -0.990. The highest BCUT2D eigenvalue weighted by atomic mass is 35.5. The SMILES string of the molecule is C/C(Cl)=C1/C(=O)N[C@H](c2ccccc2)[C@@H]1CCl. The fourth-order valence-electron chi connectivity index (χ4n) is 2.21. The number of carbonyl (C=O) groups excluding carboxylic acids is 1. The highest BCUT2D eigenvalue weighted by Gasteiger charge is 2.38. The molecule has 0 saturated carbocycles. The first-order valence-electron chi connectivity index (χ1n) is 5.43. The van der Waals surface area contributed by atoms with Crippen molar-refractivity contribution in [3.8, 4) is 0 Å². The van der Waals surface area contributed by atoms with E-state index in [2.05, 4.69) is 5.32 Å². The van der Waals surface area contributed by atoms with Crippen LogP contribution in [0.3, 0.4) is 0 Å². The number of nitrogens with one attached hydrogen (secondary N) is 1. The Kier molecular flexibility index (Phi) is 3.75. The molecule has 1 fully saturated rings. The number of hydrogen-bond donors (Lipinski definition) is 1. The Morgan fingerprint density at radius 3 is 2.53 bits per heavy atom. The van der Waals surface area contributed by atoms with Gasteiger partial charge in [0.1, 0.15) is 0 Å². The van der Waals surface area contributed by atoms with Crippen molar-refractivity contribution in [2.45, 2.75) is 13.0 Å². The molecule has 1 aromatic rings. The predicted octanol–water partition coefficient (Wildman–Crippen LogP) is 3.23. The second-order valence-corrected chi connectivity index (χ2v) is 4.95. The maximum Gasteiger partial charge on any atom is 0.249 e. The lowest BCUT2D eigenvalue weighted by Gasteiger charge is -2.17. The van der Waals surface area contributed by atoms with E-state index < -0.39 is 0 Å². The van der Waals surface area contributed by atoms with Crippen molar-refractivity contribution in [2.24, 2.45) is 5.92 Å². The van der Waals surface area contributed by atoms with Crippen LogP contribution in [0.4, 0.5) is 0 Å². The van der Waals surface area contributed by atoms with E-state index >= 15 is 0 Å². The molecule has 0 aromatic heterocycles. The Balaban J connectivity index is 2.39. The van der Waals surface area contributed by atoms with Crippen molar-refractivity contribution < 1.29 is 4.79 Å². The first-order chi connectivity index (χ1) is 8.15. The fourth-order valence-corrected chi connectivity index (χ4v) is 2.77. The second-order valence-electron chi connectivity index (χ2n) is 4.07. The maximum atomic E-state index is 11.9. The highest BCUT2D eigenvalue weighted by molar-refractivity contribution is 6.32. The molecule has 1 saturated heterocycles. The van der Waals surface area contributed by atoms with E-state index in [0.717, 1.165) is 5.56 Å². The van der Waals surface area contributed by atoms with Gasteiger partial charge in [-0.2, -0.15) is 0 Å². The van der Waals surface area contributed by atoms with Gasteiger partial charge in [0.25, 0.3) is 0 Å². The zero-order chi connectivity index (χ0) is 12.4. The first kappa shape index (κ1) is 12.5. The molecule has 1 amide bonds. The van der Waals surface area contributed by atoms with Crippen LogP contribution in [-0.2, 0) is 4.79 Å². The summed E-state index contributed by atoms with van der Waals surface area (Å²) in [6.45, 7) is 1.73. The van der Waals surface area contributed by atoms with E-state index in [4.69, 9.17) is 23.2 Å². The summed E-state index contributed by atoms with van der Waals surface area (Å²) < 4.78 is 0. The molecule has 0 unspecified atom stereocenters. The Labute approximate surface area is 111 Å². The number of amides is 1. The molecule has 2 nitrogen and oxygen atoms in total. The standard InChI is InChI=1S/C13H13Cl2NO/c1-8(15)11-10(7-14)12(16-13(11)17)9-5-3-2-4-6-9/h2-6,10,12H,7H2,1H3,(H,16,17)/b11-8-/t10-,12-/m1/s1. The van der Waals surface area contributed by atoms with E-state index in [0.29, 0.717) is 16.5 Å². The number of allylic oxidation sites excluding steroid dienone is 1. The quantitative estimate of drug-likeness (QED) is 0.648. The number of carbonyl (C=O) groups is 1. The zero-order valence-corrected chi connectivity index (χ0v) is 10.9. The van der Waals surface area contributed by atoms with Crippen molar-refractivity contribution in [2.75, 3.05) is 5.88 Å². The monoisotopic (exact) mass is 269 g/mol. The molecule has 4 heteroatoms. The summed E-state index contributed by atoms with van der Waals surface area (Å²) in [5, 5.41) is 3.46. The van der Waals surface area contributed by atoms with Gasteiger partial charge >= 0.3 is 0 Å². The van der Waals surface area contributed by atoms with Crippen molar-refractivity contribution in [3.05, 3.63) is 46.5 Å². The molecule has 17 heavy (non-hydrogen) atoms. The lowest BCUT2D eigenvalue weighted by atomic mass is 9.92. The number of hydrogen-bond acceptors (Lipinski definition) is 1. The summed E-state index contributed by atoms with van der Waals surface area (Å²) in [5.74, 6) is 0.193. The summed E-state index contributed by atoms with van der Waals surface area (Å²) in [4.78, 5) is 11.9. The number of halogens is 2. The predicted molar refractivity (Wildman–Crippen MR) is 70.1 cm³/mol. The van der Waals surface area contributed by atoms with E-state index in [-0.39, 0.29) is 17.9 Å². The third kappa shape index (κ3) is 2.33. The van der Waals surface area contributed by atoms with Crippen LogP contribution in [0.15, 0.2) is 40.9 Å². The largest absolute Gasteiger partial charge is 0.345 e. The molecule has 0 aliphatic carbocycles. The molecule has 1 aliphatic heterocycles. The molecule has 2 rings (SSSR count). The van der Waals surface area contributed by atoms with E-state index in [1.165, 1.54) is 0 Å². The average molecular weight is 270 g/mol. The van der Waals surface area contributed by atoms with Crippen molar-refractivity contribution in [3.63, 3.8) is 0 Å². The molecule has 1 aliphatic rings. The minimum absolute atomic E-state index is 0.0657. The topological polar surface area (TPSA) is 29.1 Å². The van der Waals surface area contributed by atoms with Gasteiger partial charge in [-0.15, -0.1) is 11.6 Å². The Morgan fingerprint density at radius 2 is 2.00 bits per heavy atom. The van der Waals surface area contributed by atoms with Crippen LogP contribution in [0.5, 0.6) is 0 Å². The van der Waals surface area contributed by atoms with Gasteiger partial charge in [-0.1, -0.05) is 41.9 Å². The average Bonchev–Trinajstić information content (AvgIpc) is 2.67. The minimum Gasteiger partial charge on any atom is -0.345 e. The van der Waals surface area contributed by atoms with Crippen molar-refractivity contribution >= 4 is 29.1 Å². The van der Waals surface area contributed by atoms with Crippen LogP contribution in [-0.4, -0.2) is 11.8 Å². The van der Waals surface area contributed by atoms with Gasteiger partial charge in [-0.3, -0.25) is 4.79 Å². The summed E-state index contributed by atoms with van der Waals surface area (Å²) in [6.07, 6.45) is 0. The van der Waals surface area contributed by atoms with Gasteiger partial charge < -0.3 is 5.32 Å². The van der Waals surface area contributed by atoms with E-state index in [1.54, 1.807) is 6.92 Å². The molecular weight excluding hydrogens is 257 g/mol. The van der Waals surface area contributed by atoms with E-state index in [9.17, 15) is 4.79 Å². The molecule has 1 aromatic carbocycles. The van der Waals surface area contributed by atoms with Crippen LogP contribution in [0, 0.1) is 5.92 Å². The molecule has 1 heterocycles. The third-order valence-corrected chi connectivity index (χ3v) is 3.54. The van der Waals surface area contributed by atoms with Gasteiger partial charge in [-0.25, -0.2) is 0 Å². The summed E-state index contributed by atoms with van der Waals surface area (Å²) in [5.41, 5.74) is 1.66. The van der Waals surface area contributed by atoms with Gasteiger partial charge in [0, 0.05) is 22.4 Å². The van der Waals surface area contributed by atoms with Gasteiger partial charge in [-0.05, 0) is 12.5 Å². The summed E-state index contributed by atoms with van der Waals surface area (Å²) in [6, 6.07) is 9.72. The maximum absolute atomic E-state index is 11.9. The number of alkyl halides is 1. The number of benzene rings is 1. The van der Waals surface area contributed by atoms with Gasteiger partial charge in [0.2, 0.25) is 5.91 Å². The third-order valence-electron chi connectivity index (χ3n) is 3.00. The summed E-state index contributed by atoms with van der Waals surface area (Å²) in [7, 11) is 0. The van der Waals surface area contributed by atoms with Crippen LogP contribution in [0.25, 0.3) is 0 Å². The lowest BCUT2D eigenvalue weighted by molar-refractivity contribution is -0.116. The minimum atomic E-state index is -0.114. The Morgan fingerprint density at radius 1 is 1.35 bits per heavy atom.